The maximum Gasteiger partial charge on any atom is 0.526 e. The van der Waals surface area contributed by atoms with E-state index in [-0.39, 0.29) is 0 Å². The highest BCUT2D eigenvalue weighted by Crippen LogP contribution is 2.76. The van der Waals surface area contributed by atoms with Crippen molar-refractivity contribution in [2.24, 2.45) is 0 Å². The van der Waals surface area contributed by atoms with Crippen molar-refractivity contribution in [3.63, 3.8) is 0 Å². The molecule has 0 saturated carbocycles. The molecule has 0 aromatic heterocycles. The number of hydrogen-bond acceptors (Lipinski definition) is 37. The fourth-order valence-corrected chi connectivity index (χ4v) is 36.5. The Morgan fingerprint density at radius 2 is 0.352 bits per heavy atom. The summed E-state index contributed by atoms with van der Waals surface area (Å²) >= 11 is 0. The molecule has 61 nitrogen and oxygen atoms in total. The third-order valence-corrected chi connectivity index (χ3v) is 40.2. The van der Waals surface area contributed by atoms with Crippen molar-refractivity contribution in [1.82, 2.24) is 4.90 Å². The minimum Gasteiger partial charge on any atom is -0.306 e. The quantitative estimate of drug-likeness (QED) is 0.0273. The van der Waals surface area contributed by atoms with Crippen LogP contribution in [0.25, 0.3) is 0 Å². The summed E-state index contributed by atoms with van der Waals surface area (Å²) in [7, 11) is -139. The van der Waals surface area contributed by atoms with E-state index in [4.69, 9.17) is 58.7 Å². The number of phosphoric acid groups is 18. The van der Waals surface area contributed by atoms with Crippen LogP contribution < -0.4 is 0 Å². The Balaban J connectivity index is 8.36. The summed E-state index contributed by atoms with van der Waals surface area (Å²) in [5.41, 5.74) is 0. The molecule has 0 rings (SSSR count). The molecule has 0 fully saturated rings. The Morgan fingerprint density at radius 3 is 0.466 bits per heavy atom. The summed E-state index contributed by atoms with van der Waals surface area (Å²) in [6.07, 6.45) is -3.14. The van der Waals surface area contributed by atoms with Gasteiger partial charge in [-0.25, -0.2) is 82.2 Å². The van der Waals surface area contributed by atoms with Gasteiger partial charge in [-0.05, 0) is 33.0 Å². The van der Waals surface area contributed by atoms with E-state index in [0.717, 1.165) is 0 Å². The van der Waals surface area contributed by atoms with Crippen molar-refractivity contribution >= 4 is 158 Å². The third kappa shape index (κ3) is 44.0. The Morgan fingerprint density at radius 1 is 0.227 bits per heavy atom. The molecule has 0 radical (unpaired) electrons. The van der Waals surface area contributed by atoms with Crippen molar-refractivity contribution in [1.29, 1.82) is 0 Å². The molecule has 0 aromatic carbocycles. The van der Waals surface area contributed by atoms with Crippen LogP contribution in [-0.2, 0) is 159 Å². The maximum atomic E-state index is 13.1. The van der Waals surface area contributed by atoms with Gasteiger partial charge < -0.3 is 122 Å². The molecule has 12 unspecified atom stereocenters. The highest BCUT2D eigenvalue weighted by molar-refractivity contribution is 7.71. The number of nitrogens with zero attached hydrogens (tertiary/aromatic N) is 1. The molecule has 12 atom stereocenters. The van der Waals surface area contributed by atoms with Gasteiger partial charge >= 0.3 is 158 Å². The van der Waals surface area contributed by atoms with E-state index in [9.17, 15) is 141 Å². The second-order valence-corrected chi connectivity index (χ2v) is 47.1. The van der Waals surface area contributed by atoms with Gasteiger partial charge in [-0.15, -0.1) is 0 Å². The molecule has 24 N–H and O–H groups in total. The van der Waals surface area contributed by atoms with E-state index < -0.39 is 196 Å². The van der Waals surface area contributed by atoms with Gasteiger partial charge in [0.1, 0.15) is 0 Å². The van der Waals surface area contributed by atoms with Crippen LogP contribution in [0, 0.1) is 0 Å². The molecule has 0 aliphatic carbocycles. The molecule has 0 saturated heterocycles. The lowest BCUT2D eigenvalue weighted by atomic mass is 10.4. The first kappa shape index (κ1) is 90.9. The highest BCUT2D eigenvalue weighted by atomic mass is 31.3. The predicted molar refractivity (Wildman–Crippen MR) is 258 cm³/mol. The first-order valence-electron chi connectivity index (χ1n) is 18.6. The maximum absolute atomic E-state index is 13.1. The molecule has 0 aliphatic rings. The first-order valence-corrected chi connectivity index (χ1v) is 49.6. The zero-order chi connectivity index (χ0) is 70.5. The van der Waals surface area contributed by atoms with Crippen LogP contribution >= 0.6 is 141 Å². The lowest BCUT2D eigenvalue weighted by molar-refractivity contribution is 0.136. The average molecular weight is 1710 g/mol. The van der Waals surface area contributed by atoms with E-state index in [1.807, 2.05) is 0 Å². The molecule has 530 valence electrons. The van der Waals surface area contributed by atoms with Gasteiger partial charge in [0.15, 0.2) is 0 Å². The van der Waals surface area contributed by atoms with Crippen LogP contribution in [0.1, 0.15) is 12.8 Å². The first-order chi connectivity index (χ1) is 37.8. The summed E-state index contributed by atoms with van der Waals surface area (Å²) < 4.78 is 284. The average Bonchev–Trinajstić information content (AvgIpc) is 3.03. The van der Waals surface area contributed by atoms with Crippen LogP contribution in [0.2, 0.25) is 12.1 Å². The van der Waals surface area contributed by atoms with Gasteiger partial charge in [0, 0.05) is 12.1 Å². The van der Waals surface area contributed by atoms with Crippen LogP contribution in [-0.4, -0.2) is 160 Å². The summed E-state index contributed by atoms with van der Waals surface area (Å²) in [5.74, 6) is 0. The van der Waals surface area contributed by atoms with Crippen LogP contribution in [0.3, 0.4) is 0 Å². The SMILES string of the molecule is CN(CCC[Si](OP(=O)(O)OP(=O)(O)OP(=O)(O)O)(OP(=O)(O)OP(=O)(O)OP(=O)(O)O)OP(=O)(O)OP(=O)(O)OP(=O)(O)O)CCC[Si](OP(=O)(O)OP(=O)(O)OP(=O)(O)O)(OP(=O)(O)OP(=O)(O)OP(=O)(O)O)OP(=O)(O)OP(=O)(O)OP(=O)(O)O. The summed E-state index contributed by atoms with van der Waals surface area (Å²) in [6, 6.07) is -4.45. The lowest BCUT2D eigenvalue weighted by Crippen LogP contribution is -2.44. The van der Waals surface area contributed by atoms with Crippen molar-refractivity contribution in [2.75, 3.05) is 20.1 Å². The van der Waals surface area contributed by atoms with Gasteiger partial charge in [-0.1, -0.05) is 0 Å². The minimum absolute atomic E-state index is 0.416. The number of hydrogen-bond donors (Lipinski definition) is 24. The summed E-state index contributed by atoms with van der Waals surface area (Å²) in [5, 5.41) is 0. The Bertz CT molecular complexity index is 2830. The predicted octanol–water partition coefficient (Wildman–Crippen LogP) is -0.364. The molecular formula is C7H39NO60P18Si2. The third-order valence-electron chi connectivity index (χ3n) is 6.07. The zero-order valence-electron chi connectivity index (χ0n) is 40.2. The van der Waals surface area contributed by atoms with Crippen LogP contribution in [0.5, 0.6) is 0 Å². The Hall–Kier alpha value is 2.85. The van der Waals surface area contributed by atoms with Crippen LogP contribution in [0.15, 0.2) is 0 Å². The van der Waals surface area contributed by atoms with Gasteiger partial charge in [-0.2, -0.15) is 51.7 Å². The molecule has 0 aromatic rings. The zero-order valence-corrected chi connectivity index (χ0v) is 58.3. The molecular weight excluding hydrogens is 1670 g/mol. The minimum atomic E-state index is -7.46. The fourth-order valence-electron chi connectivity index (χ4n) is 4.45. The molecule has 0 heterocycles. The van der Waals surface area contributed by atoms with E-state index in [2.05, 4.69) is 77.0 Å². The van der Waals surface area contributed by atoms with Crippen molar-refractivity contribution in [3.05, 3.63) is 0 Å². The molecule has 0 bridgehead atoms. The van der Waals surface area contributed by atoms with E-state index in [1.54, 1.807) is 0 Å². The molecule has 88 heavy (non-hydrogen) atoms. The second-order valence-electron chi connectivity index (χ2n) is 14.0. The van der Waals surface area contributed by atoms with E-state index >= 15 is 0 Å². The molecule has 0 aliphatic heterocycles. The lowest BCUT2D eigenvalue weighted by Gasteiger charge is -2.33. The molecule has 0 amide bonds. The van der Waals surface area contributed by atoms with Crippen molar-refractivity contribution < 1.29 is 277 Å². The van der Waals surface area contributed by atoms with Gasteiger partial charge in [0.25, 0.3) is 0 Å². The van der Waals surface area contributed by atoms with Crippen molar-refractivity contribution in [2.45, 2.75) is 24.9 Å². The van der Waals surface area contributed by atoms with Crippen molar-refractivity contribution in [3.8, 4) is 0 Å². The molecule has 81 heteroatoms. The second kappa shape index (κ2) is 31.6. The van der Waals surface area contributed by atoms with Gasteiger partial charge in [-0.3, -0.25) is 25.3 Å². The number of rotatable bonds is 44. The normalized spacial score (nSPS) is 23.4. The van der Waals surface area contributed by atoms with E-state index in [1.165, 1.54) is 0 Å². The Labute approximate surface area is 483 Å². The monoisotopic (exact) mass is 1710 g/mol. The smallest absolute Gasteiger partial charge is 0.306 e. The fraction of sp³-hybridized carbons (Fsp3) is 1.00. The van der Waals surface area contributed by atoms with Crippen LogP contribution in [0.4, 0.5) is 0 Å². The largest absolute Gasteiger partial charge is 0.526 e. The summed E-state index contributed by atoms with van der Waals surface area (Å²) in [4.78, 5) is 227. The standard InChI is InChI=1S/C7H39NO60P18Si2/c1-8(4-2-6-87(63-81(39,40)57-75(27,28)51-69(9,10)11,64-82(41,42)58-76(29,30)52-70(12,13)14)65-83(43,44)59-77(31,32)53-71(15,16)17)5-3-7-88(66-84(45,46)60-78(33,34)54-72(18,19)20,67-85(47,48)61-79(35,36)55-73(21,22)23)68-86(49,50)62-80(37,38)56-74(24,25)26/h2-7H2,1H3,(H,27,28)(H,29,30)(H,31,32)(H,33,34)(H,35,36)(H,37,38)(H,39,40)(H,41,42)(H,43,44)(H,45,46)(H,47,48)(H,49,50)(H2,9,10,11)(H2,12,13,14)(H2,15,16,17)(H2,18,19,20)(H2,21,22,23)(H2,24,25,26). The van der Waals surface area contributed by atoms with Gasteiger partial charge in [0.05, 0.1) is 0 Å². The van der Waals surface area contributed by atoms with E-state index in [0.29, 0.717) is 11.9 Å². The highest BCUT2D eigenvalue weighted by Gasteiger charge is 2.63. The topological polar surface area (TPSA) is 962 Å². The summed E-state index contributed by atoms with van der Waals surface area (Å²) in [6.45, 7) is -2.66. The van der Waals surface area contributed by atoms with Gasteiger partial charge in [0.2, 0.25) is 0 Å². The molecule has 0 spiro atoms. The Kier molecular flexibility index (Phi) is 32.6.